The molecule has 0 bridgehead atoms. The van der Waals surface area contributed by atoms with Crippen molar-refractivity contribution in [3.05, 3.63) is 35.9 Å². The van der Waals surface area contributed by atoms with Crippen LogP contribution in [0.5, 0.6) is 0 Å². The predicted octanol–water partition coefficient (Wildman–Crippen LogP) is 0.334. The zero-order valence-corrected chi connectivity index (χ0v) is 12.4. The molecule has 1 saturated heterocycles. The molecule has 116 valence electrons. The summed E-state index contributed by atoms with van der Waals surface area (Å²) in [7, 11) is 0. The fraction of sp³-hybridized carbons (Fsp3) is 0.375. The maximum atomic E-state index is 11.0. The van der Waals surface area contributed by atoms with Crippen LogP contribution in [0.3, 0.4) is 0 Å². The zero-order chi connectivity index (χ0) is 15.5. The first-order valence-corrected chi connectivity index (χ1v) is 7.42. The van der Waals surface area contributed by atoms with E-state index in [-0.39, 0.29) is 12.5 Å². The number of piperazine rings is 1. The van der Waals surface area contributed by atoms with E-state index < -0.39 is 0 Å². The summed E-state index contributed by atoms with van der Waals surface area (Å²) in [6.07, 6.45) is 0. The highest BCUT2D eigenvalue weighted by molar-refractivity contribution is 5.81. The van der Waals surface area contributed by atoms with Gasteiger partial charge in [-0.15, -0.1) is 0 Å². The second kappa shape index (κ2) is 6.29. The lowest BCUT2D eigenvalue weighted by molar-refractivity contribution is -0.119. The number of nitrogens with zero attached hydrogens (tertiary/aromatic N) is 3. The normalized spacial score (nSPS) is 16.1. The molecule has 6 nitrogen and oxygen atoms in total. The van der Waals surface area contributed by atoms with Crippen LogP contribution in [0.2, 0.25) is 0 Å². The molecule has 0 aliphatic carbocycles. The van der Waals surface area contributed by atoms with E-state index in [1.807, 2.05) is 35.2 Å². The Morgan fingerprint density at radius 2 is 1.95 bits per heavy atom. The summed E-state index contributed by atoms with van der Waals surface area (Å²) in [5.41, 5.74) is 7.00. The third-order valence-corrected chi connectivity index (χ3v) is 4.00. The lowest BCUT2D eigenvalue weighted by Crippen LogP contribution is -2.49. The van der Waals surface area contributed by atoms with Crippen molar-refractivity contribution in [3.63, 3.8) is 0 Å². The van der Waals surface area contributed by atoms with Gasteiger partial charge in [0.25, 0.3) is 0 Å². The lowest BCUT2D eigenvalue weighted by atomic mass is 10.1. The van der Waals surface area contributed by atoms with Crippen molar-refractivity contribution in [2.75, 3.05) is 37.6 Å². The summed E-state index contributed by atoms with van der Waals surface area (Å²) in [4.78, 5) is 19.9. The summed E-state index contributed by atoms with van der Waals surface area (Å²) in [6.45, 7) is 3.34. The van der Waals surface area contributed by atoms with Gasteiger partial charge < -0.3 is 15.7 Å². The largest absolute Gasteiger partial charge is 0.392 e. The number of hydrogen-bond donors (Lipinski definition) is 2. The van der Waals surface area contributed by atoms with Crippen LogP contribution in [-0.2, 0) is 11.4 Å². The fourth-order valence-electron chi connectivity index (χ4n) is 2.88. The Kier molecular flexibility index (Phi) is 4.22. The van der Waals surface area contributed by atoms with Gasteiger partial charge in [0.15, 0.2) is 0 Å². The van der Waals surface area contributed by atoms with E-state index in [9.17, 15) is 9.90 Å². The number of aromatic nitrogens is 1. The Morgan fingerprint density at radius 3 is 2.64 bits per heavy atom. The van der Waals surface area contributed by atoms with E-state index in [1.54, 1.807) is 0 Å². The number of aliphatic hydroxyl groups is 1. The van der Waals surface area contributed by atoms with Gasteiger partial charge in [-0.05, 0) is 12.1 Å². The number of carbonyl (C=O) groups is 1. The Balaban J connectivity index is 1.82. The van der Waals surface area contributed by atoms with Gasteiger partial charge in [-0.2, -0.15) is 0 Å². The van der Waals surface area contributed by atoms with Crippen LogP contribution >= 0.6 is 0 Å². The quantitative estimate of drug-likeness (QED) is 0.850. The molecule has 1 amide bonds. The number of hydrogen-bond acceptors (Lipinski definition) is 5. The van der Waals surface area contributed by atoms with Crippen LogP contribution < -0.4 is 10.6 Å². The van der Waals surface area contributed by atoms with Gasteiger partial charge in [0, 0.05) is 37.1 Å². The van der Waals surface area contributed by atoms with Gasteiger partial charge in [0.1, 0.15) is 5.82 Å². The number of pyridine rings is 1. The molecule has 2 aromatic rings. The van der Waals surface area contributed by atoms with E-state index in [4.69, 9.17) is 10.7 Å². The maximum absolute atomic E-state index is 11.0. The molecule has 0 unspecified atom stereocenters. The molecular weight excluding hydrogens is 280 g/mol. The van der Waals surface area contributed by atoms with Crippen molar-refractivity contribution in [1.82, 2.24) is 9.88 Å². The number of benzene rings is 1. The Morgan fingerprint density at radius 1 is 1.23 bits per heavy atom. The molecule has 0 saturated carbocycles. The molecule has 1 aromatic carbocycles. The minimum atomic E-state index is -0.298. The number of para-hydroxylation sites is 1. The van der Waals surface area contributed by atoms with Gasteiger partial charge >= 0.3 is 0 Å². The van der Waals surface area contributed by atoms with E-state index in [0.29, 0.717) is 6.54 Å². The van der Waals surface area contributed by atoms with Crippen LogP contribution in [-0.4, -0.2) is 53.6 Å². The summed E-state index contributed by atoms with van der Waals surface area (Å²) < 4.78 is 0. The molecular formula is C16H20N4O2. The highest BCUT2D eigenvalue weighted by Gasteiger charge is 2.21. The van der Waals surface area contributed by atoms with Crippen LogP contribution in [0, 0.1) is 0 Å². The van der Waals surface area contributed by atoms with Crippen LogP contribution in [0.4, 0.5) is 5.82 Å². The molecule has 1 aromatic heterocycles. The van der Waals surface area contributed by atoms with Crippen LogP contribution in [0.25, 0.3) is 10.9 Å². The second-order valence-electron chi connectivity index (χ2n) is 5.55. The third-order valence-electron chi connectivity index (χ3n) is 4.00. The first-order chi connectivity index (χ1) is 10.7. The predicted molar refractivity (Wildman–Crippen MR) is 85.5 cm³/mol. The number of rotatable bonds is 4. The smallest absolute Gasteiger partial charge is 0.231 e. The zero-order valence-electron chi connectivity index (χ0n) is 12.4. The van der Waals surface area contributed by atoms with Crippen molar-refractivity contribution < 1.29 is 9.90 Å². The minimum absolute atomic E-state index is 0.0331. The average Bonchev–Trinajstić information content (AvgIpc) is 2.54. The molecule has 0 radical (unpaired) electrons. The number of fused-ring (bicyclic) bond motifs is 1. The average molecular weight is 300 g/mol. The molecule has 3 rings (SSSR count). The molecule has 3 N–H and O–H groups in total. The Bertz CT molecular complexity index is 681. The number of nitrogens with two attached hydrogens (primary N) is 1. The van der Waals surface area contributed by atoms with Crippen molar-refractivity contribution >= 4 is 22.6 Å². The molecule has 1 fully saturated rings. The third kappa shape index (κ3) is 3.03. The number of aliphatic hydroxyl groups excluding tert-OH is 1. The minimum Gasteiger partial charge on any atom is -0.392 e. The molecule has 2 heterocycles. The summed E-state index contributed by atoms with van der Waals surface area (Å²) in [5, 5.41) is 10.7. The van der Waals surface area contributed by atoms with Crippen molar-refractivity contribution in [3.8, 4) is 0 Å². The highest BCUT2D eigenvalue weighted by atomic mass is 16.3. The summed E-state index contributed by atoms with van der Waals surface area (Å²) >= 11 is 0. The monoisotopic (exact) mass is 300 g/mol. The fourth-order valence-corrected chi connectivity index (χ4v) is 2.88. The molecule has 6 heteroatoms. The second-order valence-corrected chi connectivity index (χ2v) is 5.55. The van der Waals surface area contributed by atoms with E-state index in [1.165, 1.54) is 0 Å². The lowest BCUT2D eigenvalue weighted by Gasteiger charge is -2.35. The van der Waals surface area contributed by atoms with Gasteiger partial charge in [-0.25, -0.2) is 4.98 Å². The number of amides is 1. The molecule has 0 spiro atoms. The van der Waals surface area contributed by atoms with Crippen molar-refractivity contribution in [2.45, 2.75) is 6.61 Å². The van der Waals surface area contributed by atoms with E-state index >= 15 is 0 Å². The summed E-state index contributed by atoms with van der Waals surface area (Å²) in [6, 6.07) is 9.89. The highest BCUT2D eigenvalue weighted by Crippen LogP contribution is 2.24. The maximum Gasteiger partial charge on any atom is 0.231 e. The summed E-state index contributed by atoms with van der Waals surface area (Å²) in [5.74, 6) is 0.535. The molecule has 22 heavy (non-hydrogen) atoms. The van der Waals surface area contributed by atoms with Crippen LogP contribution in [0.15, 0.2) is 30.3 Å². The first kappa shape index (κ1) is 14.7. The molecule has 0 atom stereocenters. The standard InChI is InChI=1S/C16H20N4O2/c17-15(22)10-19-5-7-20(8-6-19)16-13(11-21)9-12-3-1-2-4-14(12)18-16/h1-4,9,21H,5-8,10-11H2,(H2,17,22). The van der Waals surface area contributed by atoms with Crippen LogP contribution in [0.1, 0.15) is 5.56 Å². The number of carbonyl (C=O) groups excluding carboxylic acids is 1. The van der Waals surface area contributed by atoms with Crippen molar-refractivity contribution in [2.24, 2.45) is 5.73 Å². The molecule has 1 aliphatic rings. The van der Waals surface area contributed by atoms with E-state index in [2.05, 4.69) is 4.90 Å². The van der Waals surface area contributed by atoms with Gasteiger partial charge in [0.05, 0.1) is 18.7 Å². The molecule has 1 aliphatic heterocycles. The van der Waals surface area contributed by atoms with Gasteiger partial charge in [0.2, 0.25) is 5.91 Å². The van der Waals surface area contributed by atoms with E-state index in [0.717, 1.165) is 48.5 Å². The Hall–Kier alpha value is -2.18. The topological polar surface area (TPSA) is 82.7 Å². The van der Waals surface area contributed by atoms with Gasteiger partial charge in [-0.1, -0.05) is 18.2 Å². The Labute approximate surface area is 129 Å². The first-order valence-electron chi connectivity index (χ1n) is 7.42. The van der Waals surface area contributed by atoms with Gasteiger partial charge in [-0.3, -0.25) is 9.69 Å². The SMILES string of the molecule is NC(=O)CN1CCN(c2nc3ccccc3cc2CO)CC1. The van der Waals surface area contributed by atoms with Crippen molar-refractivity contribution in [1.29, 1.82) is 0 Å². The number of anilines is 1. The number of primary amides is 1.